The van der Waals surface area contributed by atoms with Crippen molar-refractivity contribution in [3.8, 4) is 11.1 Å². The van der Waals surface area contributed by atoms with Crippen LogP contribution in [0.1, 0.15) is 0 Å². The van der Waals surface area contributed by atoms with Crippen molar-refractivity contribution in [3.05, 3.63) is 66.7 Å². The van der Waals surface area contributed by atoms with Crippen molar-refractivity contribution in [2.24, 2.45) is 0 Å². The first-order valence-corrected chi connectivity index (χ1v) is 6.80. The van der Waals surface area contributed by atoms with Gasteiger partial charge >= 0.3 is 0 Å². The monoisotopic (exact) mass is 256 g/mol. The average molecular weight is 256 g/mol. The van der Waals surface area contributed by atoms with E-state index >= 15 is 0 Å². The molecule has 2 heteroatoms. The topological polar surface area (TPSA) is 13.1 Å². The van der Waals surface area contributed by atoms with Gasteiger partial charge in [0.1, 0.15) is 19.0 Å². The van der Waals surface area contributed by atoms with Crippen LogP contribution >= 0.6 is 0 Å². The third-order valence-corrected chi connectivity index (χ3v) is 3.73. The molecule has 0 atom stereocenters. The normalized spacial score (nSPS) is 11.2. The molecule has 94 valence electrons. The lowest BCUT2D eigenvalue weighted by molar-refractivity contribution is 0.669. The zero-order valence-corrected chi connectivity index (χ0v) is 11.3. The molecule has 0 unspecified atom stereocenters. The van der Waals surface area contributed by atoms with E-state index in [1.54, 1.807) is 0 Å². The van der Waals surface area contributed by atoms with Gasteiger partial charge in [-0.2, -0.15) is 0 Å². The summed E-state index contributed by atoms with van der Waals surface area (Å²) in [5.74, 6) is 0. The van der Waals surface area contributed by atoms with Crippen LogP contribution in [0.2, 0.25) is 0 Å². The molecule has 0 radical (unpaired) electrons. The van der Waals surface area contributed by atoms with Crippen molar-refractivity contribution in [1.82, 2.24) is 0 Å². The summed E-state index contributed by atoms with van der Waals surface area (Å²) in [5.41, 5.74) is 5.64. The Morgan fingerprint density at radius 2 is 1.55 bits per heavy atom. The van der Waals surface area contributed by atoms with E-state index in [1.165, 1.54) is 27.4 Å². The quantitative estimate of drug-likeness (QED) is 0.475. The molecule has 20 heavy (non-hydrogen) atoms. The minimum absolute atomic E-state index is 0.947. The molecule has 4 aromatic rings. The largest absolute Gasteiger partial charge is 0.456 e. The van der Waals surface area contributed by atoms with Crippen molar-refractivity contribution < 1.29 is 4.42 Å². The lowest BCUT2D eigenvalue weighted by atomic mass is 9.91. The maximum Gasteiger partial charge on any atom is 0.139 e. The second-order valence-corrected chi connectivity index (χ2v) is 5.15. The summed E-state index contributed by atoms with van der Waals surface area (Å²) in [4.78, 5) is 0. The summed E-state index contributed by atoms with van der Waals surface area (Å²) in [6, 6.07) is 23.1. The Labute approximate surface area is 118 Å². The first-order chi connectivity index (χ1) is 9.83. The van der Waals surface area contributed by atoms with E-state index < -0.39 is 0 Å². The van der Waals surface area contributed by atoms with Crippen LogP contribution in [-0.2, 0) is 0 Å². The van der Waals surface area contributed by atoms with Gasteiger partial charge in [-0.3, -0.25) is 0 Å². The Kier molecular flexibility index (Phi) is 2.43. The van der Waals surface area contributed by atoms with Crippen molar-refractivity contribution in [3.63, 3.8) is 0 Å². The smallest absolute Gasteiger partial charge is 0.139 e. The maximum atomic E-state index is 5.94. The number of hydrogen-bond acceptors (Lipinski definition) is 1. The summed E-state index contributed by atoms with van der Waals surface area (Å²) < 4.78 is 5.94. The number of furan rings is 1. The molecule has 3 aromatic carbocycles. The highest BCUT2D eigenvalue weighted by Gasteiger charge is 2.11. The molecule has 4 rings (SSSR count). The zero-order valence-electron chi connectivity index (χ0n) is 11.3. The second kappa shape index (κ2) is 4.27. The summed E-state index contributed by atoms with van der Waals surface area (Å²) in [6.45, 7) is 0. The fourth-order valence-corrected chi connectivity index (χ4v) is 2.83. The predicted molar refractivity (Wildman–Crippen MR) is 87.3 cm³/mol. The fourth-order valence-electron chi connectivity index (χ4n) is 2.83. The molecule has 0 spiro atoms. The van der Waals surface area contributed by atoms with Crippen molar-refractivity contribution in [2.45, 2.75) is 0 Å². The minimum Gasteiger partial charge on any atom is -0.456 e. The molecule has 1 aromatic heterocycles. The number of benzene rings is 3. The highest BCUT2D eigenvalue weighted by Crippen LogP contribution is 2.35. The molecule has 0 aliphatic heterocycles. The third kappa shape index (κ3) is 1.65. The van der Waals surface area contributed by atoms with E-state index in [0.29, 0.717) is 0 Å². The first-order valence-electron chi connectivity index (χ1n) is 6.80. The highest BCUT2D eigenvalue weighted by molar-refractivity contribution is 6.32. The summed E-state index contributed by atoms with van der Waals surface area (Å²) in [7, 11) is 2.12. The Hall–Kier alpha value is -2.48. The SMILES string of the molecule is Bc1cccc(-c2cccc3oc4ccccc4c23)c1. The van der Waals surface area contributed by atoms with Crippen LogP contribution in [0.5, 0.6) is 0 Å². The van der Waals surface area contributed by atoms with Gasteiger partial charge in [0.2, 0.25) is 0 Å². The average Bonchev–Trinajstić information content (AvgIpc) is 2.85. The fraction of sp³-hybridized carbons (Fsp3) is 0. The van der Waals surface area contributed by atoms with Gasteiger partial charge in [-0.15, -0.1) is 0 Å². The van der Waals surface area contributed by atoms with Crippen LogP contribution in [-0.4, -0.2) is 7.85 Å². The molecule has 0 bridgehead atoms. The number of fused-ring (bicyclic) bond motifs is 3. The molecule has 0 saturated heterocycles. The van der Waals surface area contributed by atoms with Gasteiger partial charge in [0.05, 0.1) is 0 Å². The molecule has 0 aliphatic rings. The predicted octanol–water partition coefficient (Wildman–Crippen LogP) is 3.51. The van der Waals surface area contributed by atoms with Crippen molar-refractivity contribution in [2.75, 3.05) is 0 Å². The molecule has 0 amide bonds. The van der Waals surface area contributed by atoms with Gasteiger partial charge in [-0.1, -0.05) is 60.1 Å². The van der Waals surface area contributed by atoms with Crippen LogP contribution < -0.4 is 5.46 Å². The molecule has 0 N–H and O–H groups in total. The minimum atomic E-state index is 0.947. The highest BCUT2D eigenvalue weighted by atomic mass is 16.3. The van der Waals surface area contributed by atoms with Crippen LogP contribution in [0.15, 0.2) is 71.1 Å². The standard InChI is InChI=1S/C18H13BO/c19-13-6-3-5-12(11-13)14-8-4-10-17-18(14)15-7-1-2-9-16(15)20-17/h1-11H,19H2. The third-order valence-electron chi connectivity index (χ3n) is 3.73. The summed E-state index contributed by atoms with van der Waals surface area (Å²) in [5, 5.41) is 2.38. The molecule has 0 saturated carbocycles. The second-order valence-electron chi connectivity index (χ2n) is 5.15. The van der Waals surface area contributed by atoms with Crippen LogP contribution in [0.3, 0.4) is 0 Å². The van der Waals surface area contributed by atoms with Gasteiger partial charge in [0, 0.05) is 10.8 Å². The Morgan fingerprint density at radius 1 is 0.750 bits per heavy atom. The molecule has 1 heterocycles. The van der Waals surface area contributed by atoms with Crippen molar-refractivity contribution in [1.29, 1.82) is 0 Å². The number of hydrogen-bond donors (Lipinski definition) is 0. The Bertz CT molecular complexity index is 921. The molecular weight excluding hydrogens is 243 g/mol. The first kappa shape index (κ1) is 11.4. The van der Waals surface area contributed by atoms with Crippen LogP contribution in [0.25, 0.3) is 33.1 Å². The molecular formula is C18H13BO. The Balaban J connectivity index is 2.14. The van der Waals surface area contributed by atoms with E-state index in [0.717, 1.165) is 11.2 Å². The lowest BCUT2D eigenvalue weighted by Gasteiger charge is -2.04. The van der Waals surface area contributed by atoms with E-state index in [4.69, 9.17) is 4.42 Å². The maximum absolute atomic E-state index is 5.94. The number of para-hydroxylation sites is 1. The van der Waals surface area contributed by atoms with Gasteiger partial charge in [-0.05, 0) is 23.3 Å². The molecule has 0 fully saturated rings. The molecule has 1 nitrogen and oxygen atoms in total. The van der Waals surface area contributed by atoms with Gasteiger partial charge in [0.15, 0.2) is 0 Å². The zero-order chi connectivity index (χ0) is 13.5. The van der Waals surface area contributed by atoms with E-state index in [2.05, 4.69) is 56.4 Å². The Morgan fingerprint density at radius 3 is 2.45 bits per heavy atom. The van der Waals surface area contributed by atoms with Crippen LogP contribution in [0, 0.1) is 0 Å². The van der Waals surface area contributed by atoms with E-state index in [9.17, 15) is 0 Å². The molecule has 0 aliphatic carbocycles. The summed E-state index contributed by atoms with van der Waals surface area (Å²) >= 11 is 0. The lowest BCUT2D eigenvalue weighted by Crippen LogP contribution is -2.00. The van der Waals surface area contributed by atoms with Crippen molar-refractivity contribution >= 4 is 35.2 Å². The van der Waals surface area contributed by atoms with Gasteiger partial charge < -0.3 is 4.42 Å². The summed E-state index contributed by atoms with van der Waals surface area (Å²) in [6.07, 6.45) is 0. The number of rotatable bonds is 1. The van der Waals surface area contributed by atoms with Gasteiger partial charge in [0.25, 0.3) is 0 Å². The van der Waals surface area contributed by atoms with Crippen LogP contribution in [0.4, 0.5) is 0 Å². The van der Waals surface area contributed by atoms with E-state index in [1.807, 2.05) is 18.2 Å². The van der Waals surface area contributed by atoms with Gasteiger partial charge in [-0.25, -0.2) is 0 Å². The van der Waals surface area contributed by atoms with E-state index in [-0.39, 0.29) is 0 Å².